The van der Waals surface area contributed by atoms with E-state index in [2.05, 4.69) is 19.1 Å². The van der Waals surface area contributed by atoms with Crippen LogP contribution >= 0.6 is 0 Å². The van der Waals surface area contributed by atoms with Gasteiger partial charge < -0.3 is 14.7 Å². The molecular formula is C20H23NO3. The number of hydrogen-bond donors (Lipinski definition) is 1. The fourth-order valence-electron chi connectivity index (χ4n) is 2.97. The van der Waals surface area contributed by atoms with Gasteiger partial charge in [0.1, 0.15) is 12.4 Å². The van der Waals surface area contributed by atoms with Crippen LogP contribution in [-0.2, 0) is 17.8 Å². The topological polar surface area (TPSA) is 49.8 Å². The predicted molar refractivity (Wildman–Crippen MR) is 92.9 cm³/mol. The van der Waals surface area contributed by atoms with Gasteiger partial charge in [-0.15, -0.1) is 0 Å². The number of benzene rings is 2. The zero-order valence-corrected chi connectivity index (χ0v) is 13.9. The number of carbonyl (C=O) groups excluding carboxylic acids is 1. The molecule has 4 heteroatoms. The van der Waals surface area contributed by atoms with Gasteiger partial charge in [0, 0.05) is 13.1 Å². The number of likely N-dealkylation sites (tertiary alicyclic amines) is 1. The van der Waals surface area contributed by atoms with E-state index in [-0.39, 0.29) is 12.0 Å². The normalized spacial score (nSPS) is 17.1. The Morgan fingerprint density at radius 2 is 2.00 bits per heavy atom. The van der Waals surface area contributed by atoms with Crippen molar-refractivity contribution < 1.29 is 14.6 Å². The van der Waals surface area contributed by atoms with E-state index in [9.17, 15) is 9.90 Å². The van der Waals surface area contributed by atoms with Crippen LogP contribution in [0.25, 0.3) is 0 Å². The Bertz CT molecular complexity index is 714. The number of hydrogen-bond acceptors (Lipinski definition) is 3. The molecule has 0 bridgehead atoms. The molecule has 0 aliphatic carbocycles. The maximum atomic E-state index is 12.3. The molecule has 1 aliphatic rings. The lowest BCUT2D eigenvalue weighted by molar-refractivity contribution is -0.129. The summed E-state index contributed by atoms with van der Waals surface area (Å²) < 4.78 is 5.85. The summed E-state index contributed by atoms with van der Waals surface area (Å²) in [7, 11) is 0. The van der Waals surface area contributed by atoms with Crippen molar-refractivity contribution in [2.75, 3.05) is 13.1 Å². The van der Waals surface area contributed by atoms with Crippen molar-refractivity contribution in [1.29, 1.82) is 0 Å². The van der Waals surface area contributed by atoms with Gasteiger partial charge in [0.15, 0.2) is 0 Å². The first-order valence-electron chi connectivity index (χ1n) is 8.33. The molecule has 1 atom stereocenters. The SMILES string of the molecule is Cc1cccc(COc2cccc(CC(=O)N3CC[C@H](O)C3)c2)c1. The van der Waals surface area contributed by atoms with Gasteiger partial charge in [-0.25, -0.2) is 0 Å². The van der Waals surface area contributed by atoms with Crippen molar-refractivity contribution in [2.45, 2.75) is 32.5 Å². The van der Waals surface area contributed by atoms with Crippen LogP contribution in [0.3, 0.4) is 0 Å². The largest absolute Gasteiger partial charge is 0.489 e. The first-order chi connectivity index (χ1) is 11.6. The minimum Gasteiger partial charge on any atom is -0.489 e. The van der Waals surface area contributed by atoms with Crippen molar-refractivity contribution in [3.8, 4) is 5.75 Å². The van der Waals surface area contributed by atoms with Crippen LogP contribution < -0.4 is 4.74 Å². The number of amides is 1. The van der Waals surface area contributed by atoms with E-state index in [1.807, 2.05) is 36.4 Å². The highest BCUT2D eigenvalue weighted by molar-refractivity contribution is 5.79. The van der Waals surface area contributed by atoms with Gasteiger partial charge in [-0.3, -0.25) is 4.79 Å². The number of nitrogens with zero attached hydrogens (tertiary/aromatic N) is 1. The second-order valence-electron chi connectivity index (χ2n) is 6.38. The molecule has 3 rings (SSSR count). The predicted octanol–water partition coefficient (Wildman–Crippen LogP) is 2.71. The van der Waals surface area contributed by atoms with Crippen LogP contribution in [0.1, 0.15) is 23.1 Å². The number of aliphatic hydroxyl groups is 1. The maximum Gasteiger partial charge on any atom is 0.227 e. The molecule has 126 valence electrons. The smallest absolute Gasteiger partial charge is 0.227 e. The average Bonchev–Trinajstić information content (AvgIpc) is 3.00. The average molecular weight is 325 g/mol. The lowest BCUT2D eigenvalue weighted by Gasteiger charge is -2.15. The Balaban J connectivity index is 1.58. The Hall–Kier alpha value is -2.33. The third-order valence-electron chi connectivity index (χ3n) is 4.26. The van der Waals surface area contributed by atoms with Crippen LogP contribution in [0, 0.1) is 6.92 Å². The lowest BCUT2D eigenvalue weighted by Crippen LogP contribution is -2.30. The number of ether oxygens (including phenoxy) is 1. The number of β-amino-alcohol motifs (C(OH)–C–C–N with tert-alkyl or cyclic N) is 1. The van der Waals surface area contributed by atoms with Gasteiger partial charge in [0.2, 0.25) is 5.91 Å². The van der Waals surface area contributed by atoms with Crippen LogP contribution in [-0.4, -0.2) is 35.1 Å². The summed E-state index contributed by atoms with van der Waals surface area (Å²) in [4.78, 5) is 14.0. The highest BCUT2D eigenvalue weighted by atomic mass is 16.5. The van der Waals surface area contributed by atoms with Gasteiger partial charge in [-0.2, -0.15) is 0 Å². The molecule has 0 radical (unpaired) electrons. The third kappa shape index (κ3) is 4.36. The molecule has 0 unspecified atom stereocenters. The van der Waals surface area contributed by atoms with Crippen molar-refractivity contribution in [2.24, 2.45) is 0 Å². The molecule has 1 N–H and O–H groups in total. The van der Waals surface area contributed by atoms with Gasteiger partial charge in [-0.1, -0.05) is 42.0 Å². The van der Waals surface area contributed by atoms with E-state index in [0.29, 0.717) is 32.5 Å². The highest BCUT2D eigenvalue weighted by Crippen LogP contribution is 2.18. The summed E-state index contributed by atoms with van der Waals surface area (Å²) in [6.45, 7) is 3.66. The lowest BCUT2D eigenvalue weighted by atomic mass is 10.1. The highest BCUT2D eigenvalue weighted by Gasteiger charge is 2.24. The van der Waals surface area contributed by atoms with Gasteiger partial charge in [-0.05, 0) is 36.6 Å². The van der Waals surface area contributed by atoms with Crippen LogP contribution in [0.15, 0.2) is 48.5 Å². The molecule has 0 spiro atoms. The Morgan fingerprint density at radius 1 is 1.21 bits per heavy atom. The molecule has 1 heterocycles. The fourth-order valence-corrected chi connectivity index (χ4v) is 2.97. The van der Waals surface area contributed by atoms with Gasteiger partial charge in [0.25, 0.3) is 0 Å². The van der Waals surface area contributed by atoms with E-state index in [4.69, 9.17) is 4.74 Å². The van der Waals surface area contributed by atoms with E-state index in [1.54, 1.807) is 4.90 Å². The molecule has 2 aromatic rings. The summed E-state index contributed by atoms with van der Waals surface area (Å²) in [5.41, 5.74) is 3.27. The van der Waals surface area contributed by atoms with E-state index < -0.39 is 0 Å². The second kappa shape index (κ2) is 7.49. The zero-order valence-electron chi connectivity index (χ0n) is 13.9. The minimum atomic E-state index is -0.377. The van der Waals surface area contributed by atoms with Crippen molar-refractivity contribution in [3.05, 3.63) is 65.2 Å². The van der Waals surface area contributed by atoms with Gasteiger partial charge in [0.05, 0.1) is 12.5 Å². The summed E-state index contributed by atoms with van der Waals surface area (Å²) in [6, 6.07) is 15.9. The minimum absolute atomic E-state index is 0.0578. The third-order valence-corrected chi connectivity index (χ3v) is 4.26. The number of rotatable bonds is 5. The van der Waals surface area contributed by atoms with E-state index in [1.165, 1.54) is 5.56 Å². The Morgan fingerprint density at radius 3 is 2.75 bits per heavy atom. The molecule has 0 aromatic heterocycles. The molecule has 0 saturated carbocycles. The molecule has 24 heavy (non-hydrogen) atoms. The summed E-state index contributed by atoms with van der Waals surface area (Å²) in [5.74, 6) is 0.825. The van der Waals surface area contributed by atoms with Crippen molar-refractivity contribution >= 4 is 5.91 Å². The van der Waals surface area contributed by atoms with E-state index in [0.717, 1.165) is 16.9 Å². The van der Waals surface area contributed by atoms with Crippen LogP contribution in [0.5, 0.6) is 5.75 Å². The number of aryl methyl sites for hydroxylation is 1. The maximum absolute atomic E-state index is 12.3. The van der Waals surface area contributed by atoms with Crippen molar-refractivity contribution in [3.63, 3.8) is 0 Å². The molecular weight excluding hydrogens is 302 g/mol. The quantitative estimate of drug-likeness (QED) is 0.919. The first kappa shape index (κ1) is 16.5. The monoisotopic (exact) mass is 325 g/mol. The molecule has 4 nitrogen and oxygen atoms in total. The summed E-state index contributed by atoms with van der Waals surface area (Å²) >= 11 is 0. The summed E-state index contributed by atoms with van der Waals surface area (Å²) in [6.07, 6.45) is 0.637. The molecule has 2 aromatic carbocycles. The molecule has 1 amide bonds. The Labute approximate surface area is 142 Å². The number of carbonyl (C=O) groups is 1. The first-order valence-corrected chi connectivity index (χ1v) is 8.33. The Kier molecular flexibility index (Phi) is 5.16. The van der Waals surface area contributed by atoms with Crippen LogP contribution in [0.2, 0.25) is 0 Å². The van der Waals surface area contributed by atoms with Gasteiger partial charge >= 0.3 is 0 Å². The summed E-state index contributed by atoms with van der Waals surface area (Å²) in [5, 5.41) is 9.54. The zero-order chi connectivity index (χ0) is 16.9. The second-order valence-corrected chi connectivity index (χ2v) is 6.38. The molecule has 1 saturated heterocycles. The van der Waals surface area contributed by atoms with Crippen molar-refractivity contribution in [1.82, 2.24) is 4.90 Å². The van der Waals surface area contributed by atoms with E-state index >= 15 is 0 Å². The molecule has 1 fully saturated rings. The standard InChI is InChI=1S/C20H23NO3/c1-15-4-2-6-17(10-15)14-24-19-7-3-5-16(11-19)12-20(23)21-9-8-18(22)13-21/h2-7,10-11,18,22H,8-9,12-14H2,1H3/t18-/m0/s1. The van der Waals surface area contributed by atoms with Crippen LogP contribution in [0.4, 0.5) is 0 Å². The fraction of sp³-hybridized carbons (Fsp3) is 0.350. The molecule has 1 aliphatic heterocycles. The number of aliphatic hydroxyl groups excluding tert-OH is 1.